The number of esters is 1. The van der Waals surface area contributed by atoms with Crippen molar-refractivity contribution >= 4 is 5.97 Å². The summed E-state index contributed by atoms with van der Waals surface area (Å²) < 4.78 is 5.28. The lowest BCUT2D eigenvalue weighted by Gasteiger charge is -2.13. The Labute approximate surface area is 65.9 Å². The molecule has 0 N–H and O–H groups in total. The third-order valence-corrected chi connectivity index (χ3v) is 3.69. The molecule has 4 bridgehead atoms. The van der Waals surface area contributed by atoms with Crippen LogP contribution in [0.4, 0.5) is 0 Å². The van der Waals surface area contributed by atoms with Gasteiger partial charge in [0.1, 0.15) is 6.10 Å². The van der Waals surface area contributed by atoms with Gasteiger partial charge in [0, 0.05) is 12.8 Å². The Kier molecular flexibility index (Phi) is 0.890. The summed E-state index contributed by atoms with van der Waals surface area (Å²) in [5.74, 6) is 3.32. The van der Waals surface area contributed by atoms with Gasteiger partial charge in [-0.3, -0.25) is 4.79 Å². The van der Waals surface area contributed by atoms with Gasteiger partial charge < -0.3 is 4.74 Å². The molecule has 0 aromatic carbocycles. The fourth-order valence-corrected chi connectivity index (χ4v) is 3.37. The molecule has 4 aliphatic carbocycles. The van der Waals surface area contributed by atoms with Gasteiger partial charge in [-0.15, -0.1) is 0 Å². The second kappa shape index (κ2) is 1.62. The van der Waals surface area contributed by atoms with E-state index in [0.717, 1.165) is 23.7 Å². The standard InChI is InChI=1S/C9H12O2/c1-4(10)11-9-5-2-6-7(3-5)8(6)9/h5-9H,2-3H2,1H3/t5?,6-,7+,8?,9-/m1/s1. The van der Waals surface area contributed by atoms with Crippen LogP contribution in [0.15, 0.2) is 0 Å². The fourth-order valence-electron chi connectivity index (χ4n) is 3.37. The van der Waals surface area contributed by atoms with Gasteiger partial charge in [-0.1, -0.05) is 0 Å². The minimum absolute atomic E-state index is 0.0896. The van der Waals surface area contributed by atoms with E-state index < -0.39 is 0 Å². The quantitative estimate of drug-likeness (QED) is 0.528. The van der Waals surface area contributed by atoms with E-state index in [1.807, 2.05) is 0 Å². The highest BCUT2D eigenvalue weighted by Crippen LogP contribution is 2.71. The second-order valence-electron chi connectivity index (χ2n) is 4.21. The van der Waals surface area contributed by atoms with Crippen LogP contribution in [0.25, 0.3) is 0 Å². The summed E-state index contributed by atoms with van der Waals surface area (Å²) in [5.41, 5.74) is 0. The third kappa shape index (κ3) is 0.608. The molecular weight excluding hydrogens is 140 g/mol. The molecule has 11 heavy (non-hydrogen) atoms. The van der Waals surface area contributed by atoms with Crippen molar-refractivity contribution in [3.63, 3.8) is 0 Å². The highest BCUT2D eigenvalue weighted by atomic mass is 16.5. The third-order valence-electron chi connectivity index (χ3n) is 3.69. The van der Waals surface area contributed by atoms with E-state index in [1.54, 1.807) is 0 Å². The Balaban J connectivity index is 1.77. The van der Waals surface area contributed by atoms with Gasteiger partial charge in [-0.05, 0) is 30.6 Å². The summed E-state index contributed by atoms with van der Waals surface area (Å²) in [6.45, 7) is 1.52. The molecule has 4 fully saturated rings. The predicted molar refractivity (Wildman–Crippen MR) is 38.7 cm³/mol. The van der Waals surface area contributed by atoms with Crippen molar-refractivity contribution in [2.24, 2.45) is 23.7 Å². The molecule has 4 rings (SSSR count). The Morgan fingerprint density at radius 1 is 1.36 bits per heavy atom. The van der Waals surface area contributed by atoms with Crippen molar-refractivity contribution in [1.29, 1.82) is 0 Å². The van der Waals surface area contributed by atoms with Crippen molar-refractivity contribution in [2.75, 3.05) is 0 Å². The monoisotopic (exact) mass is 152 g/mol. The first-order chi connectivity index (χ1) is 5.27. The second-order valence-corrected chi connectivity index (χ2v) is 4.21. The van der Waals surface area contributed by atoms with Gasteiger partial charge in [0.2, 0.25) is 0 Å². The number of carbonyl (C=O) groups is 1. The molecule has 4 aliphatic rings. The zero-order valence-electron chi connectivity index (χ0n) is 6.62. The van der Waals surface area contributed by atoms with E-state index in [1.165, 1.54) is 19.8 Å². The fraction of sp³-hybridized carbons (Fsp3) is 0.889. The molecule has 0 aliphatic heterocycles. The molecule has 0 amide bonds. The maximum absolute atomic E-state index is 10.7. The molecule has 0 aromatic heterocycles. The zero-order chi connectivity index (χ0) is 7.59. The van der Waals surface area contributed by atoms with Crippen molar-refractivity contribution in [2.45, 2.75) is 25.9 Å². The molecule has 5 atom stereocenters. The van der Waals surface area contributed by atoms with E-state index in [-0.39, 0.29) is 5.97 Å². The number of rotatable bonds is 1. The van der Waals surface area contributed by atoms with Gasteiger partial charge >= 0.3 is 5.97 Å². The normalized spacial score (nSPS) is 56.3. The molecule has 0 heterocycles. The summed E-state index contributed by atoms with van der Waals surface area (Å²) in [7, 11) is 0. The van der Waals surface area contributed by atoms with Crippen LogP contribution in [0.5, 0.6) is 0 Å². The topological polar surface area (TPSA) is 26.3 Å². The van der Waals surface area contributed by atoms with E-state index in [2.05, 4.69) is 0 Å². The first-order valence-corrected chi connectivity index (χ1v) is 4.44. The zero-order valence-corrected chi connectivity index (χ0v) is 6.62. The largest absolute Gasteiger partial charge is 0.462 e. The van der Waals surface area contributed by atoms with Crippen molar-refractivity contribution in [3.8, 4) is 0 Å². The molecule has 4 saturated carbocycles. The van der Waals surface area contributed by atoms with Crippen molar-refractivity contribution < 1.29 is 9.53 Å². The Morgan fingerprint density at radius 2 is 2.00 bits per heavy atom. The van der Waals surface area contributed by atoms with Gasteiger partial charge in [0.25, 0.3) is 0 Å². The number of hydrogen-bond donors (Lipinski definition) is 0. The van der Waals surface area contributed by atoms with Crippen LogP contribution >= 0.6 is 0 Å². The summed E-state index contributed by atoms with van der Waals surface area (Å²) in [5, 5.41) is 0. The van der Waals surface area contributed by atoms with Gasteiger partial charge in [0.15, 0.2) is 0 Å². The maximum Gasteiger partial charge on any atom is 0.302 e. The predicted octanol–water partition coefficient (Wildman–Crippen LogP) is 1.20. The molecule has 0 aromatic rings. The smallest absolute Gasteiger partial charge is 0.302 e. The minimum Gasteiger partial charge on any atom is -0.462 e. The lowest BCUT2D eigenvalue weighted by molar-refractivity contribution is -0.148. The van der Waals surface area contributed by atoms with Crippen LogP contribution in [-0.2, 0) is 9.53 Å². The van der Waals surface area contributed by atoms with E-state index in [9.17, 15) is 4.79 Å². The SMILES string of the molecule is CC(=O)O[C@@H]1C2C[C@@H]3C1[C@@H]3C2. The summed E-state index contributed by atoms with van der Waals surface area (Å²) in [6, 6.07) is 0. The van der Waals surface area contributed by atoms with Crippen molar-refractivity contribution in [3.05, 3.63) is 0 Å². The number of ether oxygens (including phenoxy) is 1. The minimum atomic E-state index is -0.0896. The molecule has 0 spiro atoms. The molecule has 60 valence electrons. The highest BCUT2D eigenvalue weighted by Gasteiger charge is 2.69. The summed E-state index contributed by atoms with van der Waals surface area (Å²) >= 11 is 0. The van der Waals surface area contributed by atoms with Crippen LogP contribution in [-0.4, -0.2) is 12.1 Å². The van der Waals surface area contributed by atoms with Crippen LogP contribution in [0, 0.1) is 23.7 Å². The van der Waals surface area contributed by atoms with Gasteiger partial charge in [-0.2, -0.15) is 0 Å². The first-order valence-electron chi connectivity index (χ1n) is 4.44. The highest BCUT2D eigenvalue weighted by molar-refractivity contribution is 5.66. The molecular formula is C9H12O2. The van der Waals surface area contributed by atoms with E-state index in [4.69, 9.17) is 4.74 Å². The van der Waals surface area contributed by atoms with Crippen LogP contribution in [0.2, 0.25) is 0 Å². The Hall–Kier alpha value is -0.530. The van der Waals surface area contributed by atoms with Gasteiger partial charge in [-0.25, -0.2) is 0 Å². The molecule has 0 radical (unpaired) electrons. The summed E-state index contributed by atoms with van der Waals surface area (Å²) in [4.78, 5) is 10.7. The number of carbonyl (C=O) groups excluding carboxylic acids is 1. The van der Waals surface area contributed by atoms with Crippen LogP contribution < -0.4 is 0 Å². The van der Waals surface area contributed by atoms with Gasteiger partial charge in [0.05, 0.1) is 0 Å². The number of hydrogen-bond acceptors (Lipinski definition) is 2. The average Bonchev–Trinajstić information content (AvgIpc) is 2.30. The molecule has 2 heteroatoms. The van der Waals surface area contributed by atoms with Crippen LogP contribution in [0.3, 0.4) is 0 Å². The Morgan fingerprint density at radius 3 is 2.36 bits per heavy atom. The Bertz CT molecular complexity index is 210. The van der Waals surface area contributed by atoms with E-state index in [0.29, 0.717) is 6.10 Å². The first kappa shape index (κ1) is 6.04. The molecule has 0 saturated heterocycles. The van der Waals surface area contributed by atoms with E-state index >= 15 is 0 Å². The summed E-state index contributed by atoms with van der Waals surface area (Å²) in [6.07, 6.45) is 3.00. The molecule has 2 nitrogen and oxygen atoms in total. The lowest BCUT2D eigenvalue weighted by atomic mass is 10.1. The maximum atomic E-state index is 10.7. The molecule has 2 unspecified atom stereocenters. The van der Waals surface area contributed by atoms with Crippen molar-refractivity contribution in [1.82, 2.24) is 0 Å². The average molecular weight is 152 g/mol. The lowest BCUT2D eigenvalue weighted by Crippen LogP contribution is -2.19. The van der Waals surface area contributed by atoms with Crippen LogP contribution in [0.1, 0.15) is 19.8 Å².